The minimum atomic E-state index is -2.90. The number of carbonyl (C=O) groups is 2. The summed E-state index contributed by atoms with van der Waals surface area (Å²) in [5.41, 5.74) is 0.982. The van der Waals surface area contributed by atoms with Gasteiger partial charge in [0.05, 0.1) is 6.04 Å². The number of amides is 2. The van der Waals surface area contributed by atoms with E-state index in [1.54, 1.807) is 41.3 Å². The zero-order valence-corrected chi connectivity index (χ0v) is 23.8. The van der Waals surface area contributed by atoms with Gasteiger partial charge in [-0.05, 0) is 60.0 Å². The lowest BCUT2D eigenvalue weighted by Crippen LogP contribution is -2.50. The molecule has 0 radical (unpaired) electrons. The molecule has 2 fully saturated rings. The maximum absolute atomic E-state index is 14.1. The van der Waals surface area contributed by atoms with Crippen molar-refractivity contribution in [2.75, 3.05) is 31.5 Å². The van der Waals surface area contributed by atoms with Crippen molar-refractivity contribution in [3.63, 3.8) is 0 Å². The van der Waals surface area contributed by atoms with E-state index in [2.05, 4.69) is 25.7 Å². The van der Waals surface area contributed by atoms with E-state index in [9.17, 15) is 22.8 Å². The van der Waals surface area contributed by atoms with Crippen LogP contribution in [0.5, 0.6) is 0 Å². The second kappa shape index (κ2) is 11.4. The van der Waals surface area contributed by atoms with Crippen LogP contribution in [-0.2, 0) is 4.79 Å². The standard InChI is InChI=1S/C31H27F3N8O3/c32-30(33)42-38-27(37-39-42)26(19-4-2-1-3-5-19)40-12-14-41(15-13-40)28(43)23-17-20(8-11-35-23)25-18-21-16-22(6-7-24(21)45-25)36-29(44)31(34)9-10-31/h1-8,11,16-18,26,30H,9-10,12-15H2,(H,36,44)/t26-/m1/s1. The molecule has 0 spiro atoms. The summed E-state index contributed by atoms with van der Waals surface area (Å²) >= 11 is 0. The van der Waals surface area contributed by atoms with Crippen molar-refractivity contribution in [2.24, 2.45) is 0 Å². The Bertz CT molecular complexity index is 1870. The van der Waals surface area contributed by atoms with E-state index < -0.39 is 24.2 Å². The quantitative estimate of drug-likeness (QED) is 0.262. The summed E-state index contributed by atoms with van der Waals surface area (Å²) in [4.78, 5) is 33.9. The summed E-state index contributed by atoms with van der Waals surface area (Å²) in [7, 11) is 0. The Morgan fingerprint density at radius 2 is 1.73 bits per heavy atom. The van der Waals surface area contributed by atoms with Gasteiger partial charge in [-0.1, -0.05) is 35.1 Å². The van der Waals surface area contributed by atoms with Crippen LogP contribution in [0.4, 0.5) is 18.9 Å². The number of alkyl halides is 3. The molecule has 11 nitrogen and oxygen atoms in total. The molecule has 45 heavy (non-hydrogen) atoms. The van der Waals surface area contributed by atoms with Gasteiger partial charge in [0.15, 0.2) is 11.5 Å². The van der Waals surface area contributed by atoms with Crippen molar-refractivity contribution in [1.82, 2.24) is 35.0 Å². The number of piperazine rings is 1. The maximum Gasteiger partial charge on any atom is 0.350 e. The van der Waals surface area contributed by atoms with E-state index >= 15 is 0 Å². The first kappa shape index (κ1) is 28.6. The van der Waals surface area contributed by atoms with Crippen LogP contribution in [0, 0.1) is 0 Å². The van der Waals surface area contributed by atoms with Crippen LogP contribution in [0.3, 0.4) is 0 Å². The normalized spacial score (nSPS) is 17.0. The van der Waals surface area contributed by atoms with Gasteiger partial charge in [-0.2, -0.15) is 8.78 Å². The fourth-order valence-corrected chi connectivity index (χ4v) is 5.48. The molecule has 1 aliphatic heterocycles. The molecule has 1 N–H and O–H groups in total. The Hall–Kier alpha value is -5.11. The molecule has 7 rings (SSSR count). The number of fused-ring (bicyclic) bond motifs is 1. The zero-order valence-electron chi connectivity index (χ0n) is 23.8. The number of nitrogens with zero attached hydrogens (tertiary/aromatic N) is 7. The molecule has 0 unspecified atom stereocenters. The first-order valence-electron chi connectivity index (χ1n) is 14.4. The van der Waals surface area contributed by atoms with Crippen LogP contribution in [-0.4, -0.2) is 78.7 Å². The number of halogens is 3. The molecule has 2 aliphatic rings. The molecule has 0 bridgehead atoms. The Morgan fingerprint density at radius 1 is 0.956 bits per heavy atom. The summed E-state index contributed by atoms with van der Waals surface area (Å²) in [5, 5.41) is 14.7. The van der Waals surface area contributed by atoms with E-state index in [1.165, 1.54) is 6.20 Å². The number of pyridine rings is 1. The van der Waals surface area contributed by atoms with Gasteiger partial charge < -0.3 is 14.6 Å². The second-order valence-electron chi connectivity index (χ2n) is 11.1. The van der Waals surface area contributed by atoms with Crippen molar-refractivity contribution in [3.8, 4) is 11.3 Å². The van der Waals surface area contributed by atoms with Gasteiger partial charge >= 0.3 is 6.55 Å². The van der Waals surface area contributed by atoms with Crippen LogP contribution in [0.2, 0.25) is 0 Å². The van der Waals surface area contributed by atoms with Crippen LogP contribution < -0.4 is 5.32 Å². The molecular formula is C31H27F3N8O3. The predicted octanol–water partition coefficient (Wildman–Crippen LogP) is 4.86. The van der Waals surface area contributed by atoms with Gasteiger partial charge in [0.2, 0.25) is 0 Å². The molecule has 14 heteroatoms. The Labute approximate surface area is 254 Å². The third-order valence-corrected chi connectivity index (χ3v) is 8.08. The lowest BCUT2D eigenvalue weighted by molar-refractivity contribution is -0.122. The van der Waals surface area contributed by atoms with Gasteiger partial charge in [0, 0.05) is 49.0 Å². The van der Waals surface area contributed by atoms with Gasteiger partial charge in [-0.25, -0.2) is 4.39 Å². The monoisotopic (exact) mass is 616 g/mol. The highest BCUT2D eigenvalue weighted by Gasteiger charge is 2.50. The summed E-state index contributed by atoms with van der Waals surface area (Å²) in [6.07, 6.45) is 2.00. The van der Waals surface area contributed by atoms with Gasteiger partial charge in [-0.15, -0.1) is 10.2 Å². The molecule has 5 aromatic rings. The van der Waals surface area contributed by atoms with Crippen molar-refractivity contribution in [3.05, 3.63) is 90.0 Å². The number of anilines is 1. The molecule has 2 amide bonds. The number of tetrazole rings is 1. The number of carbonyl (C=O) groups excluding carboxylic acids is 2. The Morgan fingerprint density at radius 3 is 2.44 bits per heavy atom. The molecule has 2 aromatic carbocycles. The van der Waals surface area contributed by atoms with Gasteiger partial charge in [0.25, 0.3) is 11.8 Å². The fourth-order valence-electron chi connectivity index (χ4n) is 5.48. The van der Waals surface area contributed by atoms with E-state index in [-0.39, 0.29) is 35.1 Å². The molecule has 1 atom stereocenters. The van der Waals surface area contributed by atoms with Crippen molar-refractivity contribution < 1.29 is 27.2 Å². The third kappa shape index (κ3) is 5.76. The van der Waals surface area contributed by atoms with Crippen LogP contribution in [0.15, 0.2) is 77.3 Å². The lowest BCUT2D eigenvalue weighted by Gasteiger charge is -2.38. The van der Waals surface area contributed by atoms with E-state index in [0.29, 0.717) is 54.2 Å². The average molecular weight is 617 g/mol. The third-order valence-electron chi connectivity index (χ3n) is 8.08. The number of benzene rings is 2. The largest absolute Gasteiger partial charge is 0.456 e. The van der Waals surface area contributed by atoms with E-state index in [4.69, 9.17) is 4.42 Å². The fraction of sp³-hybridized carbons (Fsp3) is 0.290. The molecule has 1 saturated carbocycles. The van der Waals surface area contributed by atoms with Crippen molar-refractivity contribution in [1.29, 1.82) is 0 Å². The summed E-state index contributed by atoms with van der Waals surface area (Å²) in [6, 6.07) is 19.1. The smallest absolute Gasteiger partial charge is 0.350 e. The Kier molecular flexibility index (Phi) is 7.28. The number of hydrogen-bond acceptors (Lipinski definition) is 8. The average Bonchev–Trinajstić information content (AvgIpc) is 3.43. The predicted molar refractivity (Wildman–Crippen MR) is 156 cm³/mol. The van der Waals surface area contributed by atoms with Crippen LogP contribution in [0.25, 0.3) is 22.3 Å². The zero-order chi connectivity index (χ0) is 31.1. The minimum Gasteiger partial charge on any atom is -0.456 e. The number of hydrogen-bond donors (Lipinski definition) is 1. The molecule has 1 saturated heterocycles. The Balaban J connectivity index is 1.05. The van der Waals surface area contributed by atoms with Gasteiger partial charge in [0.1, 0.15) is 17.0 Å². The van der Waals surface area contributed by atoms with Crippen molar-refractivity contribution >= 4 is 28.5 Å². The summed E-state index contributed by atoms with van der Waals surface area (Å²) < 4.78 is 46.4. The maximum atomic E-state index is 14.1. The topological polar surface area (TPSA) is 122 Å². The first-order chi connectivity index (χ1) is 21.8. The van der Waals surface area contributed by atoms with Gasteiger partial charge in [-0.3, -0.25) is 19.5 Å². The van der Waals surface area contributed by atoms with E-state index in [1.807, 2.05) is 35.2 Å². The lowest BCUT2D eigenvalue weighted by atomic mass is 10.0. The van der Waals surface area contributed by atoms with Crippen LogP contribution >= 0.6 is 0 Å². The van der Waals surface area contributed by atoms with Crippen molar-refractivity contribution in [2.45, 2.75) is 31.1 Å². The summed E-state index contributed by atoms with van der Waals surface area (Å²) in [6.45, 7) is -1.27. The highest BCUT2D eigenvalue weighted by molar-refractivity contribution is 6.00. The molecule has 3 aromatic heterocycles. The molecule has 1 aliphatic carbocycles. The number of rotatable bonds is 8. The second-order valence-corrected chi connectivity index (χ2v) is 11.1. The highest BCUT2D eigenvalue weighted by atomic mass is 19.3. The summed E-state index contributed by atoms with van der Waals surface area (Å²) in [5.74, 6) is -0.231. The molecule has 230 valence electrons. The molecule has 4 heterocycles. The minimum absolute atomic E-state index is 0.158. The number of nitrogens with one attached hydrogen (secondary N) is 1. The number of aromatic nitrogens is 5. The van der Waals surface area contributed by atoms with E-state index in [0.717, 1.165) is 5.56 Å². The first-order valence-corrected chi connectivity index (χ1v) is 14.4. The molecular weight excluding hydrogens is 589 g/mol. The SMILES string of the molecule is O=C(c1cc(-c2cc3cc(NC(=O)C4(F)CC4)ccc3o2)ccn1)N1CCN([C@H](c2ccccc2)c2nnn(C(F)F)n2)CC1. The number of furan rings is 1. The highest BCUT2D eigenvalue weighted by Crippen LogP contribution is 2.41. The van der Waals surface area contributed by atoms with Crippen LogP contribution in [0.1, 0.15) is 47.3 Å².